The van der Waals surface area contributed by atoms with Gasteiger partial charge in [-0.05, 0) is 88.0 Å². The summed E-state index contributed by atoms with van der Waals surface area (Å²) < 4.78 is 10.5. The van der Waals surface area contributed by atoms with E-state index in [0.717, 1.165) is 38.7 Å². The number of nitrogens with one attached hydrogen (secondary N) is 3. The Morgan fingerprint density at radius 1 is 0.837 bits per heavy atom. The Kier molecular flexibility index (Phi) is 25.7. The number of aromatic nitrogens is 4. The molecule has 4 rings (SSSR count). The molecule has 4 aromatic rings. The van der Waals surface area contributed by atoms with E-state index in [1.165, 1.54) is 43.5 Å². The highest BCUT2D eigenvalue weighted by Gasteiger charge is 2.05. The molecule has 4 N–H and O–H groups in total. The Hall–Kier alpha value is -2.65. The average molecular weight is 822 g/mol. The fourth-order valence-corrected chi connectivity index (χ4v) is 5.95. The molecule has 0 saturated heterocycles. The molecule has 2 heterocycles. The summed E-state index contributed by atoms with van der Waals surface area (Å²) >= 11 is 21.5. The van der Waals surface area contributed by atoms with E-state index in [0.29, 0.717) is 26.4 Å². The smallest absolute Gasteiger partial charge is 0.251 e. The van der Waals surface area contributed by atoms with Crippen LogP contribution in [0.1, 0.15) is 50.2 Å². The Bertz CT molecular complexity index is 1650. The fraction of sp³-hybridized carbons (Fsp3) is 0.412. The van der Waals surface area contributed by atoms with E-state index in [4.69, 9.17) is 37.8 Å². The SMILES string of the molecule is CCN(CC)CC.CCO.COc1ccc(CBr)c(Cl)c1.COc1ccc(CSc2nc(C)cc(=O)[nH]2)c(Cl)c1.Cc1cc(=O)[nH]c(=S)[nH]1. The second-order valence-electron chi connectivity index (χ2n) is 9.74. The van der Waals surface area contributed by atoms with E-state index < -0.39 is 0 Å². The largest absolute Gasteiger partial charge is 0.497 e. The Morgan fingerprint density at radius 2 is 1.33 bits per heavy atom. The molecule has 2 aromatic heterocycles. The summed E-state index contributed by atoms with van der Waals surface area (Å²) in [6.45, 7) is 15.6. The average Bonchev–Trinajstić information content (AvgIpc) is 3.05. The molecule has 0 spiro atoms. The van der Waals surface area contributed by atoms with E-state index >= 15 is 0 Å². The number of methoxy groups -OCH3 is 2. The molecule has 0 saturated carbocycles. The second kappa shape index (κ2) is 27.1. The number of hydrogen-bond acceptors (Lipinski definition) is 9. The third-order valence-corrected chi connectivity index (χ3v) is 8.55. The lowest BCUT2D eigenvalue weighted by Crippen LogP contribution is -2.21. The first-order chi connectivity index (χ1) is 23.3. The molecule has 0 unspecified atom stereocenters. The summed E-state index contributed by atoms with van der Waals surface area (Å²) in [7, 11) is 3.22. The predicted octanol–water partition coefficient (Wildman–Crippen LogP) is 8.36. The number of nitrogens with zero attached hydrogens (tertiary/aromatic N) is 2. The third kappa shape index (κ3) is 20.6. The standard InChI is InChI=1S/C13H13ClN2O2S.C8H8BrClO.C6H15N.C5H6N2OS.C2H6O/c1-8-5-12(17)16-13(15-8)19-7-9-3-4-10(18-2)6-11(9)14;1-11-7-3-2-6(5-9)8(10)4-7;1-4-7(5-2)6-3;1-3-2-4(8)7-5(9)6-3;1-2-3/h3-6H,7H2,1-2H3,(H,15,16,17);2-4H,5H2,1H3;4-6H2,1-3H3;2H,1H3,(H2,6,7,8,9);3H,2H2,1H3. The molecule has 10 nitrogen and oxygen atoms in total. The number of aromatic amines is 3. The second-order valence-corrected chi connectivity index (χ2v) is 12.5. The van der Waals surface area contributed by atoms with Crippen molar-refractivity contribution < 1.29 is 14.6 Å². The number of alkyl halides is 1. The zero-order chi connectivity index (χ0) is 37.4. The van der Waals surface area contributed by atoms with Gasteiger partial charge in [0.15, 0.2) is 9.93 Å². The van der Waals surface area contributed by atoms with Crippen LogP contribution in [0.5, 0.6) is 11.5 Å². The number of hydrogen-bond donors (Lipinski definition) is 4. The molecule has 0 aliphatic carbocycles. The van der Waals surface area contributed by atoms with Gasteiger partial charge in [-0.2, -0.15) is 0 Å². The molecule has 0 atom stereocenters. The maximum absolute atomic E-state index is 11.3. The number of aliphatic hydroxyl groups excluding tert-OH is 1. The highest BCUT2D eigenvalue weighted by atomic mass is 79.9. The number of halogens is 3. The number of rotatable bonds is 9. The molecule has 0 fully saturated rings. The van der Waals surface area contributed by atoms with Crippen LogP contribution in [-0.4, -0.2) is 70.4 Å². The van der Waals surface area contributed by atoms with Gasteiger partial charge in [-0.15, -0.1) is 0 Å². The van der Waals surface area contributed by atoms with E-state index in [9.17, 15) is 9.59 Å². The number of benzene rings is 2. The van der Waals surface area contributed by atoms with Crippen molar-refractivity contribution >= 4 is 63.1 Å². The van der Waals surface area contributed by atoms with Gasteiger partial charge in [0, 0.05) is 51.3 Å². The molecule has 2 aromatic carbocycles. The first kappa shape index (κ1) is 46.4. The van der Waals surface area contributed by atoms with Crippen LogP contribution >= 0.6 is 63.1 Å². The van der Waals surface area contributed by atoms with E-state index in [1.807, 2.05) is 24.3 Å². The van der Waals surface area contributed by atoms with Gasteiger partial charge in [0.05, 0.1) is 14.2 Å². The molecule has 272 valence electrons. The summed E-state index contributed by atoms with van der Waals surface area (Å²) in [6.07, 6.45) is 0. The van der Waals surface area contributed by atoms with Crippen molar-refractivity contribution in [1.29, 1.82) is 0 Å². The molecular weight excluding hydrogens is 773 g/mol. The topological polar surface area (TPSA) is 136 Å². The number of aryl methyl sites for hydroxylation is 2. The predicted molar refractivity (Wildman–Crippen MR) is 211 cm³/mol. The molecule has 0 aliphatic heterocycles. The summed E-state index contributed by atoms with van der Waals surface area (Å²) in [6, 6.07) is 14.1. The summed E-state index contributed by atoms with van der Waals surface area (Å²) in [5.74, 6) is 2.15. The minimum absolute atomic E-state index is 0.143. The number of thioether (sulfide) groups is 1. The molecule has 0 aliphatic rings. The minimum Gasteiger partial charge on any atom is -0.497 e. The first-order valence-corrected chi connectivity index (χ1v) is 18.6. The van der Waals surface area contributed by atoms with Crippen molar-refractivity contribution in [3.05, 3.63) is 107 Å². The van der Waals surface area contributed by atoms with Gasteiger partial charge in [0.25, 0.3) is 11.1 Å². The Balaban J connectivity index is 0.000000656. The van der Waals surface area contributed by atoms with E-state index in [1.54, 1.807) is 47.1 Å². The van der Waals surface area contributed by atoms with Crippen molar-refractivity contribution in [3.8, 4) is 11.5 Å². The first-order valence-electron chi connectivity index (χ1n) is 15.4. The zero-order valence-corrected chi connectivity index (χ0v) is 34.0. The lowest BCUT2D eigenvalue weighted by molar-refractivity contribution is 0.318. The highest BCUT2D eigenvalue weighted by molar-refractivity contribution is 9.08. The van der Waals surface area contributed by atoms with Gasteiger partial charge in [0.1, 0.15) is 11.5 Å². The van der Waals surface area contributed by atoms with Crippen molar-refractivity contribution in [3.63, 3.8) is 0 Å². The minimum atomic E-state index is -0.156. The van der Waals surface area contributed by atoms with Crippen LogP contribution < -0.4 is 20.6 Å². The van der Waals surface area contributed by atoms with Crippen LogP contribution in [0.3, 0.4) is 0 Å². The molecular formula is C34H48BrCl2N5O5S2. The molecule has 49 heavy (non-hydrogen) atoms. The summed E-state index contributed by atoms with van der Waals surface area (Å²) in [5.41, 5.74) is 3.23. The van der Waals surface area contributed by atoms with Gasteiger partial charge in [-0.1, -0.05) is 83.8 Å². The number of H-pyrrole nitrogens is 3. The van der Waals surface area contributed by atoms with Crippen LogP contribution in [0, 0.1) is 18.6 Å². The fourth-order valence-electron chi connectivity index (χ4n) is 3.56. The molecule has 15 heteroatoms. The maximum atomic E-state index is 11.3. The molecule has 0 amide bonds. The van der Waals surface area contributed by atoms with Gasteiger partial charge < -0.3 is 29.4 Å². The van der Waals surface area contributed by atoms with E-state index in [2.05, 4.69) is 73.8 Å². The maximum Gasteiger partial charge on any atom is 0.251 e. The van der Waals surface area contributed by atoms with Crippen LogP contribution in [0.25, 0.3) is 0 Å². The number of ether oxygens (including phenoxy) is 2. The Morgan fingerprint density at radius 3 is 1.69 bits per heavy atom. The normalized spacial score (nSPS) is 9.82. The Labute approximate surface area is 317 Å². The monoisotopic (exact) mass is 819 g/mol. The van der Waals surface area contributed by atoms with Crippen molar-refractivity contribution in [2.75, 3.05) is 40.5 Å². The lowest BCUT2D eigenvalue weighted by Gasteiger charge is -2.13. The highest BCUT2D eigenvalue weighted by Crippen LogP contribution is 2.27. The van der Waals surface area contributed by atoms with Crippen LogP contribution in [0.15, 0.2) is 63.3 Å². The summed E-state index contributed by atoms with van der Waals surface area (Å²) in [5, 5.41) is 10.3. The van der Waals surface area contributed by atoms with Crippen LogP contribution in [-0.2, 0) is 11.1 Å². The number of aliphatic hydroxyl groups is 1. The van der Waals surface area contributed by atoms with Crippen molar-refractivity contribution in [2.45, 2.75) is 57.8 Å². The van der Waals surface area contributed by atoms with Crippen LogP contribution in [0.2, 0.25) is 10.0 Å². The van der Waals surface area contributed by atoms with Crippen molar-refractivity contribution in [2.24, 2.45) is 0 Å². The molecule has 0 radical (unpaired) electrons. The molecule has 0 bridgehead atoms. The lowest BCUT2D eigenvalue weighted by atomic mass is 10.2. The van der Waals surface area contributed by atoms with Gasteiger partial charge in [-0.25, -0.2) is 4.98 Å². The third-order valence-electron chi connectivity index (χ3n) is 6.11. The van der Waals surface area contributed by atoms with E-state index in [-0.39, 0.29) is 17.7 Å². The zero-order valence-electron chi connectivity index (χ0n) is 29.3. The quantitative estimate of drug-likeness (QED) is 0.0569. The summed E-state index contributed by atoms with van der Waals surface area (Å²) in [4.78, 5) is 36.4. The van der Waals surface area contributed by atoms with Crippen molar-refractivity contribution in [1.82, 2.24) is 24.8 Å². The van der Waals surface area contributed by atoms with Crippen LogP contribution in [0.4, 0.5) is 0 Å². The van der Waals surface area contributed by atoms with Gasteiger partial charge in [-0.3, -0.25) is 14.6 Å². The van der Waals surface area contributed by atoms with Gasteiger partial charge >= 0.3 is 0 Å². The van der Waals surface area contributed by atoms with Gasteiger partial charge in [0.2, 0.25) is 0 Å².